The second kappa shape index (κ2) is 45.2. The highest BCUT2D eigenvalue weighted by atomic mass is 31.2. The number of ether oxygens (including phenoxy) is 2. The smallest absolute Gasteiger partial charge is 0.462 e. The summed E-state index contributed by atoms with van der Waals surface area (Å²) in [6, 6.07) is 0. The molecule has 2 atom stereocenters. The summed E-state index contributed by atoms with van der Waals surface area (Å²) in [5.41, 5.74) is 5.36. The zero-order valence-corrected chi connectivity index (χ0v) is 38.6. The molecular formula is C49H88NO8P. The van der Waals surface area contributed by atoms with Crippen molar-refractivity contribution in [2.24, 2.45) is 5.73 Å². The predicted molar refractivity (Wildman–Crippen MR) is 247 cm³/mol. The standard InChI is InChI=1S/C49H88NO8P/c1-3-5-7-9-11-13-15-17-19-21-22-23-24-26-27-29-31-33-35-37-39-41-48(51)55-45-47(46-57-59(53,54)56-44-43-50)58-49(52)42-40-38-36-34-32-30-28-25-20-18-16-14-12-10-8-6-4-2/h6,8,12,14,17-20,28,30,47H,3-5,7,9-11,13,15-16,21-27,29,31-46,50H2,1-2H3,(H,53,54)/b8-6-,14-12-,19-17-,20-18-,30-28-/t47-/m1/s1. The van der Waals surface area contributed by atoms with Gasteiger partial charge in [0.25, 0.3) is 0 Å². The largest absolute Gasteiger partial charge is 0.472 e. The van der Waals surface area contributed by atoms with Crippen LogP contribution in [0.25, 0.3) is 0 Å². The Kier molecular flexibility index (Phi) is 43.5. The minimum absolute atomic E-state index is 0.0469. The molecule has 0 rings (SSSR count). The van der Waals surface area contributed by atoms with Crippen molar-refractivity contribution in [1.82, 2.24) is 0 Å². The maximum Gasteiger partial charge on any atom is 0.472 e. The highest BCUT2D eigenvalue weighted by Gasteiger charge is 2.26. The van der Waals surface area contributed by atoms with Crippen LogP contribution in [0, 0.1) is 0 Å². The summed E-state index contributed by atoms with van der Waals surface area (Å²) in [5, 5.41) is 0. The van der Waals surface area contributed by atoms with Gasteiger partial charge in [0.05, 0.1) is 13.2 Å². The molecular weight excluding hydrogens is 762 g/mol. The number of hydrogen-bond acceptors (Lipinski definition) is 8. The number of allylic oxidation sites excluding steroid dienone is 10. The van der Waals surface area contributed by atoms with Gasteiger partial charge in [-0.1, -0.05) is 177 Å². The van der Waals surface area contributed by atoms with Crippen molar-refractivity contribution in [1.29, 1.82) is 0 Å². The topological polar surface area (TPSA) is 134 Å². The van der Waals surface area contributed by atoms with Gasteiger partial charge in [-0.2, -0.15) is 0 Å². The second-order valence-electron chi connectivity index (χ2n) is 15.6. The Morgan fingerprint density at radius 1 is 0.525 bits per heavy atom. The third kappa shape index (κ3) is 45.1. The molecule has 0 aliphatic rings. The van der Waals surface area contributed by atoms with Crippen molar-refractivity contribution in [2.45, 2.75) is 213 Å². The molecule has 0 bridgehead atoms. The maximum absolute atomic E-state index is 12.6. The average molecular weight is 850 g/mol. The van der Waals surface area contributed by atoms with E-state index in [0.29, 0.717) is 6.42 Å². The number of carbonyl (C=O) groups excluding carboxylic acids is 2. The van der Waals surface area contributed by atoms with E-state index in [1.54, 1.807) is 0 Å². The van der Waals surface area contributed by atoms with Crippen molar-refractivity contribution in [3.05, 3.63) is 60.8 Å². The molecule has 0 aromatic rings. The highest BCUT2D eigenvalue weighted by molar-refractivity contribution is 7.47. The van der Waals surface area contributed by atoms with E-state index >= 15 is 0 Å². The van der Waals surface area contributed by atoms with Gasteiger partial charge in [-0.3, -0.25) is 18.6 Å². The Morgan fingerprint density at radius 3 is 1.41 bits per heavy atom. The van der Waals surface area contributed by atoms with Crippen LogP contribution in [0.3, 0.4) is 0 Å². The molecule has 342 valence electrons. The third-order valence-electron chi connectivity index (χ3n) is 9.89. The van der Waals surface area contributed by atoms with Gasteiger partial charge in [0.2, 0.25) is 0 Å². The number of phosphoric ester groups is 1. The van der Waals surface area contributed by atoms with E-state index in [9.17, 15) is 19.0 Å². The fourth-order valence-corrected chi connectivity index (χ4v) is 7.15. The summed E-state index contributed by atoms with van der Waals surface area (Å²) in [6.07, 6.45) is 54.0. The van der Waals surface area contributed by atoms with E-state index < -0.39 is 26.5 Å². The highest BCUT2D eigenvalue weighted by Crippen LogP contribution is 2.43. The van der Waals surface area contributed by atoms with Crippen LogP contribution in [0.5, 0.6) is 0 Å². The van der Waals surface area contributed by atoms with Crippen LogP contribution in [0.2, 0.25) is 0 Å². The van der Waals surface area contributed by atoms with Gasteiger partial charge >= 0.3 is 19.8 Å². The van der Waals surface area contributed by atoms with E-state index in [-0.39, 0.29) is 38.6 Å². The molecule has 0 aromatic carbocycles. The number of unbranched alkanes of at least 4 members (excludes halogenated alkanes) is 21. The normalized spacial score (nSPS) is 13.8. The number of nitrogens with two attached hydrogens (primary N) is 1. The fourth-order valence-electron chi connectivity index (χ4n) is 6.39. The summed E-state index contributed by atoms with van der Waals surface area (Å²) >= 11 is 0. The first kappa shape index (κ1) is 56.7. The Hall–Kier alpha value is -2.29. The van der Waals surface area contributed by atoms with Gasteiger partial charge in [0, 0.05) is 19.4 Å². The molecule has 0 amide bonds. The van der Waals surface area contributed by atoms with Crippen LogP contribution in [-0.2, 0) is 32.7 Å². The van der Waals surface area contributed by atoms with Crippen molar-refractivity contribution < 1.29 is 37.6 Å². The Balaban J connectivity index is 4.11. The molecule has 0 heterocycles. The zero-order valence-electron chi connectivity index (χ0n) is 37.7. The van der Waals surface area contributed by atoms with Crippen LogP contribution in [0.1, 0.15) is 206 Å². The predicted octanol–water partition coefficient (Wildman–Crippen LogP) is 14.1. The molecule has 3 N–H and O–H groups in total. The molecule has 0 aromatic heterocycles. The lowest BCUT2D eigenvalue weighted by molar-refractivity contribution is -0.161. The van der Waals surface area contributed by atoms with E-state index in [2.05, 4.69) is 74.6 Å². The molecule has 0 spiro atoms. The van der Waals surface area contributed by atoms with Crippen molar-refractivity contribution >= 4 is 19.8 Å². The second-order valence-corrected chi connectivity index (χ2v) is 17.0. The molecule has 10 heteroatoms. The first-order chi connectivity index (χ1) is 28.8. The average Bonchev–Trinajstić information content (AvgIpc) is 3.22. The van der Waals surface area contributed by atoms with Crippen LogP contribution >= 0.6 is 7.82 Å². The number of hydrogen-bond donors (Lipinski definition) is 2. The van der Waals surface area contributed by atoms with Gasteiger partial charge in [-0.25, -0.2) is 4.57 Å². The lowest BCUT2D eigenvalue weighted by Crippen LogP contribution is -2.29. The minimum Gasteiger partial charge on any atom is -0.462 e. The molecule has 0 saturated heterocycles. The minimum atomic E-state index is -4.39. The summed E-state index contributed by atoms with van der Waals surface area (Å²) in [7, 11) is -4.39. The van der Waals surface area contributed by atoms with Crippen LogP contribution < -0.4 is 5.73 Å². The summed E-state index contributed by atoms with van der Waals surface area (Å²) in [6.45, 7) is 3.59. The lowest BCUT2D eigenvalue weighted by atomic mass is 10.0. The first-order valence-corrected chi connectivity index (χ1v) is 25.3. The number of esters is 2. The number of carbonyl (C=O) groups is 2. The molecule has 0 fully saturated rings. The summed E-state index contributed by atoms with van der Waals surface area (Å²) < 4.78 is 32.8. The van der Waals surface area contributed by atoms with E-state index in [4.69, 9.17) is 24.3 Å². The Labute approximate surface area is 361 Å². The SMILES string of the molecule is CC/C=C\C/C=C\C/C=C\C/C=C\CCCCCCC(=O)O[C@H](COC(=O)CCCCCCCCCCCCC/C=C\CCCCCCCC)COP(=O)(O)OCCN. The van der Waals surface area contributed by atoms with Gasteiger partial charge in [0.15, 0.2) is 6.10 Å². The molecule has 0 aliphatic heterocycles. The van der Waals surface area contributed by atoms with Crippen molar-refractivity contribution in [3.63, 3.8) is 0 Å². The molecule has 0 aliphatic carbocycles. The van der Waals surface area contributed by atoms with Gasteiger partial charge in [-0.15, -0.1) is 0 Å². The van der Waals surface area contributed by atoms with Gasteiger partial charge in [-0.05, 0) is 77.0 Å². The number of rotatable bonds is 44. The molecule has 9 nitrogen and oxygen atoms in total. The van der Waals surface area contributed by atoms with E-state index in [1.807, 2.05) is 0 Å². The van der Waals surface area contributed by atoms with Crippen LogP contribution in [0.15, 0.2) is 60.8 Å². The van der Waals surface area contributed by atoms with Crippen LogP contribution in [0.4, 0.5) is 0 Å². The van der Waals surface area contributed by atoms with E-state index in [0.717, 1.165) is 70.6 Å². The van der Waals surface area contributed by atoms with Crippen molar-refractivity contribution in [3.8, 4) is 0 Å². The number of phosphoric acid groups is 1. The first-order valence-electron chi connectivity index (χ1n) is 23.8. The summed E-state index contributed by atoms with van der Waals surface area (Å²) in [4.78, 5) is 35.0. The van der Waals surface area contributed by atoms with E-state index in [1.165, 1.54) is 103 Å². The zero-order chi connectivity index (χ0) is 43.2. The summed E-state index contributed by atoms with van der Waals surface area (Å²) in [5.74, 6) is -0.856. The monoisotopic (exact) mass is 850 g/mol. The maximum atomic E-state index is 12.6. The van der Waals surface area contributed by atoms with Crippen LogP contribution in [-0.4, -0.2) is 49.3 Å². The quantitative estimate of drug-likeness (QED) is 0.0266. The van der Waals surface area contributed by atoms with Gasteiger partial charge < -0.3 is 20.1 Å². The third-order valence-corrected chi connectivity index (χ3v) is 10.9. The molecule has 0 saturated carbocycles. The Bertz CT molecular complexity index is 1150. The molecule has 59 heavy (non-hydrogen) atoms. The lowest BCUT2D eigenvalue weighted by Gasteiger charge is -2.19. The van der Waals surface area contributed by atoms with Crippen molar-refractivity contribution in [2.75, 3.05) is 26.4 Å². The van der Waals surface area contributed by atoms with Gasteiger partial charge in [0.1, 0.15) is 6.61 Å². The molecule has 1 unspecified atom stereocenters. The fraction of sp³-hybridized carbons (Fsp3) is 0.755. The molecule has 0 radical (unpaired) electrons. The Morgan fingerprint density at radius 2 is 0.932 bits per heavy atom.